The average Bonchev–Trinajstić information content (AvgIpc) is 3.16. The number of aliphatic carboxylic acids is 1. The monoisotopic (exact) mass is 536 g/mol. The molecule has 0 aliphatic heterocycles. The maximum absolute atomic E-state index is 13.6. The van der Waals surface area contributed by atoms with Crippen LogP contribution in [0.15, 0.2) is 72.8 Å². The molecular weight excluding hydrogens is 507 g/mol. The SMILES string of the molecule is Cc1c(CC(=O)N(CC(=O)O)Cc2ccc(F)c(Cl)c2)c2ccccc2n1CCCCOc1ccccc1. The summed E-state index contributed by atoms with van der Waals surface area (Å²) in [5, 5.41) is 10.3. The number of halogens is 2. The van der Waals surface area contributed by atoms with E-state index >= 15 is 0 Å². The number of aromatic nitrogens is 1. The minimum absolute atomic E-state index is 0.0181. The third-order valence-electron chi connectivity index (χ3n) is 6.51. The van der Waals surface area contributed by atoms with E-state index in [0.717, 1.165) is 47.3 Å². The quantitative estimate of drug-likeness (QED) is 0.217. The molecule has 0 bridgehead atoms. The van der Waals surface area contributed by atoms with Crippen molar-refractivity contribution in [1.82, 2.24) is 9.47 Å². The van der Waals surface area contributed by atoms with E-state index in [2.05, 4.69) is 4.57 Å². The summed E-state index contributed by atoms with van der Waals surface area (Å²) >= 11 is 5.89. The largest absolute Gasteiger partial charge is 0.494 e. The number of amides is 1. The minimum atomic E-state index is -1.12. The molecule has 0 aliphatic rings. The highest BCUT2D eigenvalue weighted by Crippen LogP contribution is 2.28. The molecule has 8 heteroatoms. The van der Waals surface area contributed by atoms with Crippen molar-refractivity contribution in [2.45, 2.75) is 39.3 Å². The number of hydrogen-bond donors (Lipinski definition) is 1. The summed E-state index contributed by atoms with van der Waals surface area (Å²) in [5.41, 5.74) is 3.44. The smallest absolute Gasteiger partial charge is 0.323 e. The van der Waals surface area contributed by atoms with Gasteiger partial charge in [0, 0.05) is 29.7 Å². The van der Waals surface area contributed by atoms with Gasteiger partial charge in [-0.05, 0) is 61.2 Å². The Kier molecular flexibility index (Phi) is 9.02. The summed E-state index contributed by atoms with van der Waals surface area (Å²) in [6.07, 6.45) is 1.83. The molecule has 0 atom stereocenters. The average molecular weight is 537 g/mol. The van der Waals surface area contributed by atoms with Crippen molar-refractivity contribution < 1.29 is 23.8 Å². The second-order valence-corrected chi connectivity index (χ2v) is 9.58. The van der Waals surface area contributed by atoms with Gasteiger partial charge in [0.15, 0.2) is 0 Å². The van der Waals surface area contributed by atoms with Gasteiger partial charge >= 0.3 is 5.97 Å². The van der Waals surface area contributed by atoms with Gasteiger partial charge in [0.1, 0.15) is 18.1 Å². The third-order valence-corrected chi connectivity index (χ3v) is 6.80. The molecule has 1 amide bonds. The van der Waals surface area contributed by atoms with Crippen LogP contribution >= 0.6 is 11.6 Å². The highest BCUT2D eigenvalue weighted by molar-refractivity contribution is 6.30. The Morgan fingerprint density at radius 1 is 1.03 bits per heavy atom. The lowest BCUT2D eigenvalue weighted by Gasteiger charge is -2.21. The van der Waals surface area contributed by atoms with Gasteiger partial charge in [-0.3, -0.25) is 9.59 Å². The third kappa shape index (κ3) is 6.72. The zero-order chi connectivity index (χ0) is 27.1. The van der Waals surface area contributed by atoms with Gasteiger partial charge in [-0.1, -0.05) is 54.1 Å². The number of nitrogens with zero attached hydrogens (tertiary/aromatic N) is 2. The first-order chi connectivity index (χ1) is 18.3. The molecule has 0 radical (unpaired) electrons. The summed E-state index contributed by atoms with van der Waals surface area (Å²) in [6.45, 7) is 2.93. The van der Waals surface area contributed by atoms with Gasteiger partial charge in [-0.15, -0.1) is 0 Å². The maximum Gasteiger partial charge on any atom is 0.323 e. The molecule has 0 saturated carbocycles. The topological polar surface area (TPSA) is 71.8 Å². The highest BCUT2D eigenvalue weighted by atomic mass is 35.5. The van der Waals surface area contributed by atoms with Crippen LogP contribution < -0.4 is 4.74 Å². The van der Waals surface area contributed by atoms with Crippen LogP contribution in [0.3, 0.4) is 0 Å². The van der Waals surface area contributed by atoms with Crippen molar-refractivity contribution in [3.8, 4) is 5.75 Å². The number of benzene rings is 3. The number of ether oxygens (including phenoxy) is 1. The van der Waals surface area contributed by atoms with Crippen LogP contribution in [0.25, 0.3) is 10.9 Å². The fourth-order valence-electron chi connectivity index (χ4n) is 4.61. The molecule has 4 rings (SSSR count). The second kappa shape index (κ2) is 12.6. The van der Waals surface area contributed by atoms with Crippen molar-refractivity contribution in [2.24, 2.45) is 0 Å². The number of rotatable bonds is 12. The van der Waals surface area contributed by atoms with E-state index in [1.54, 1.807) is 0 Å². The molecule has 198 valence electrons. The first-order valence-corrected chi connectivity index (χ1v) is 12.9. The van der Waals surface area contributed by atoms with Crippen molar-refractivity contribution in [3.63, 3.8) is 0 Å². The highest BCUT2D eigenvalue weighted by Gasteiger charge is 2.22. The molecule has 4 aromatic rings. The maximum atomic E-state index is 13.6. The first kappa shape index (κ1) is 27.2. The summed E-state index contributed by atoms with van der Waals surface area (Å²) in [7, 11) is 0. The van der Waals surface area contributed by atoms with E-state index in [1.807, 2.05) is 61.5 Å². The Balaban J connectivity index is 1.48. The lowest BCUT2D eigenvalue weighted by molar-refractivity contribution is -0.144. The molecule has 0 aliphatic carbocycles. The molecule has 0 unspecified atom stereocenters. The van der Waals surface area contributed by atoms with Crippen LogP contribution in [0.2, 0.25) is 5.02 Å². The summed E-state index contributed by atoms with van der Waals surface area (Å²) < 4.78 is 21.6. The van der Waals surface area contributed by atoms with E-state index in [-0.39, 0.29) is 23.9 Å². The van der Waals surface area contributed by atoms with Crippen LogP contribution in [0.4, 0.5) is 4.39 Å². The van der Waals surface area contributed by atoms with Crippen LogP contribution in [0.1, 0.15) is 29.7 Å². The number of aryl methyl sites for hydroxylation is 1. The van der Waals surface area contributed by atoms with Crippen molar-refractivity contribution in [2.75, 3.05) is 13.2 Å². The number of para-hydroxylation sites is 2. The van der Waals surface area contributed by atoms with Crippen molar-refractivity contribution in [1.29, 1.82) is 0 Å². The Labute approximate surface area is 226 Å². The second-order valence-electron chi connectivity index (χ2n) is 9.17. The first-order valence-electron chi connectivity index (χ1n) is 12.5. The number of carboxylic acids is 1. The molecule has 1 N–H and O–H groups in total. The Hall–Kier alpha value is -3.84. The number of carboxylic acid groups (broad SMARTS) is 1. The number of fused-ring (bicyclic) bond motifs is 1. The zero-order valence-corrected chi connectivity index (χ0v) is 22.0. The molecular formula is C30H30ClFN2O4. The van der Waals surface area contributed by atoms with Crippen LogP contribution in [0, 0.1) is 12.7 Å². The number of unbranched alkanes of at least 4 members (excludes halogenated alkanes) is 1. The molecule has 1 heterocycles. The molecule has 38 heavy (non-hydrogen) atoms. The number of hydrogen-bond acceptors (Lipinski definition) is 3. The van der Waals surface area contributed by atoms with Crippen molar-refractivity contribution in [3.05, 3.63) is 100 Å². The van der Waals surface area contributed by atoms with E-state index < -0.39 is 18.3 Å². The fourth-order valence-corrected chi connectivity index (χ4v) is 4.81. The lowest BCUT2D eigenvalue weighted by atomic mass is 10.1. The minimum Gasteiger partial charge on any atom is -0.494 e. The predicted molar refractivity (Wildman–Crippen MR) is 146 cm³/mol. The molecule has 1 aromatic heterocycles. The van der Waals surface area contributed by atoms with E-state index in [9.17, 15) is 19.1 Å². The van der Waals surface area contributed by atoms with Gasteiger partial charge in [-0.25, -0.2) is 4.39 Å². The van der Waals surface area contributed by atoms with E-state index in [0.29, 0.717) is 12.2 Å². The summed E-state index contributed by atoms with van der Waals surface area (Å²) in [6, 6.07) is 21.8. The van der Waals surface area contributed by atoms with Gasteiger partial charge in [-0.2, -0.15) is 0 Å². The fraction of sp³-hybridized carbons (Fsp3) is 0.267. The van der Waals surface area contributed by atoms with E-state index in [1.165, 1.54) is 23.1 Å². The number of carbonyl (C=O) groups is 2. The molecule has 3 aromatic carbocycles. The van der Waals surface area contributed by atoms with Gasteiger partial charge in [0.25, 0.3) is 0 Å². The van der Waals surface area contributed by atoms with Crippen LogP contribution in [-0.2, 0) is 29.1 Å². The van der Waals surface area contributed by atoms with Gasteiger partial charge in [0.2, 0.25) is 5.91 Å². The van der Waals surface area contributed by atoms with Crippen molar-refractivity contribution >= 4 is 34.4 Å². The molecule has 0 saturated heterocycles. The lowest BCUT2D eigenvalue weighted by Crippen LogP contribution is -2.36. The van der Waals surface area contributed by atoms with Gasteiger partial charge < -0.3 is 19.3 Å². The van der Waals surface area contributed by atoms with Crippen LogP contribution in [-0.4, -0.2) is 39.6 Å². The molecule has 0 fully saturated rings. The normalized spacial score (nSPS) is 11.0. The summed E-state index contributed by atoms with van der Waals surface area (Å²) in [4.78, 5) is 26.2. The zero-order valence-electron chi connectivity index (χ0n) is 21.2. The standard InChI is InChI=1S/C30H30ClFN2O4/c1-21-25(18-29(35)33(20-30(36)37)19-22-13-14-27(32)26(31)17-22)24-11-5-6-12-28(24)34(21)15-7-8-16-38-23-9-3-2-4-10-23/h2-6,9-14,17H,7-8,15-16,18-20H2,1H3,(H,36,37). The Bertz CT molecular complexity index is 1420. The van der Waals surface area contributed by atoms with Crippen LogP contribution in [0.5, 0.6) is 5.75 Å². The predicted octanol–water partition coefficient (Wildman–Crippen LogP) is 6.26. The number of carbonyl (C=O) groups excluding carboxylic acids is 1. The Morgan fingerprint density at radius 2 is 1.76 bits per heavy atom. The molecule has 6 nitrogen and oxygen atoms in total. The summed E-state index contributed by atoms with van der Waals surface area (Å²) in [5.74, 6) is -1.16. The van der Waals surface area contributed by atoms with E-state index in [4.69, 9.17) is 16.3 Å². The molecule has 0 spiro atoms. The van der Waals surface area contributed by atoms with Gasteiger partial charge in [0.05, 0.1) is 18.1 Å². The Morgan fingerprint density at radius 3 is 2.50 bits per heavy atom.